The molecule has 27 heavy (non-hydrogen) atoms. The van der Waals surface area contributed by atoms with E-state index in [-0.39, 0.29) is 11.6 Å². The van der Waals surface area contributed by atoms with Crippen LogP contribution in [-0.4, -0.2) is 21.6 Å². The highest BCUT2D eigenvalue weighted by Gasteiger charge is 2.31. The van der Waals surface area contributed by atoms with Gasteiger partial charge in [0, 0.05) is 17.8 Å². The summed E-state index contributed by atoms with van der Waals surface area (Å²) in [6.07, 6.45) is 4.15. The van der Waals surface area contributed by atoms with Gasteiger partial charge in [-0.3, -0.25) is 9.78 Å². The first-order valence-electron chi connectivity index (χ1n) is 9.45. The lowest BCUT2D eigenvalue weighted by atomic mass is 10.00. The normalized spacial score (nSPS) is 15.1. The highest BCUT2D eigenvalue weighted by atomic mass is 16.5. The van der Waals surface area contributed by atoms with Gasteiger partial charge >= 0.3 is 0 Å². The van der Waals surface area contributed by atoms with Crippen molar-refractivity contribution in [3.8, 4) is 17.0 Å². The Balaban J connectivity index is 2.01. The van der Waals surface area contributed by atoms with Crippen molar-refractivity contribution < 1.29 is 4.74 Å². The topological polar surface area (TPSA) is 57.0 Å². The average Bonchev–Trinajstić information content (AvgIpc) is 3.49. The highest BCUT2D eigenvalue weighted by Crippen LogP contribution is 2.40. The van der Waals surface area contributed by atoms with Gasteiger partial charge in [0.25, 0.3) is 5.56 Å². The fourth-order valence-corrected chi connectivity index (χ4v) is 3.90. The van der Waals surface area contributed by atoms with Crippen molar-refractivity contribution in [1.29, 1.82) is 0 Å². The van der Waals surface area contributed by atoms with E-state index in [9.17, 15) is 4.79 Å². The lowest BCUT2D eigenvalue weighted by molar-refractivity contribution is 0.411. The number of aromatic nitrogens is 3. The molecule has 1 aliphatic carbocycles. The molecule has 2 aromatic heterocycles. The molecule has 0 N–H and O–H groups in total. The minimum atomic E-state index is 0.00156. The number of benzene rings is 1. The van der Waals surface area contributed by atoms with E-state index in [0.717, 1.165) is 39.2 Å². The number of methoxy groups -OCH3 is 1. The molecule has 0 saturated heterocycles. The van der Waals surface area contributed by atoms with Crippen molar-refractivity contribution in [2.45, 2.75) is 46.6 Å². The second kappa shape index (κ2) is 6.48. The van der Waals surface area contributed by atoms with Crippen molar-refractivity contribution in [1.82, 2.24) is 14.5 Å². The zero-order chi connectivity index (χ0) is 19.3. The summed E-state index contributed by atoms with van der Waals surface area (Å²) in [4.78, 5) is 22.2. The molecule has 3 aromatic rings. The summed E-state index contributed by atoms with van der Waals surface area (Å²) in [7, 11) is 1.68. The zero-order valence-corrected chi connectivity index (χ0v) is 16.5. The SMILES string of the molecule is COc1cc(C)c(-c2nccc3c2nc(C)c(=O)n3[C@H](C)C2CC2)cc1C. The molecule has 0 unspecified atom stereocenters. The first-order valence-corrected chi connectivity index (χ1v) is 9.45. The summed E-state index contributed by atoms with van der Waals surface area (Å²) in [5, 5.41) is 0. The fraction of sp³-hybridized carbons (Fsp3) is 0.409. The van der Waals surface area contributed by atoms with Crippen LogP contribution in [0.4, 0.5) is 0 Å². The van der Waals surface area contributed by atoms with Gasteiger partial charge in [0.1, 0.15) is 17.0 Å². The molecule has 0 bridgehead atoms. The standard InChI is InChI=1S/C22H25N3O2/c1-12-11-19(27-5)13(2)10-17(12)20-21-18(8-9-23-20)25(15(4)16-6-7-16)22(26)14(3)24-21/h8-11,15-16H,6-7H2,1-5H3/t15-/m1/s1. The first kappa shape index (κ1) is 17.7. The monoisotopic (exact) mass is 363 g/mol. The van der Waals surface area contributed by atoms with Gasteiger partial charge in [0.15, 0.2) is 0 Å². The smallest absolute Gasteiger partial charge is 0.272 e. The predicted octanol–water partition coefficient (Wildman–Crippen LogP) is 4.36. The van der Waals surface area contributed by atoms with E-state index in [1.165, 1.54) is 12.8 Å². The molecule has 1 aromatic carbocycles. The number of hydrogen-bond donors (Lipinski definition) is 0. The van der Waals surface area contributed by atoms with Crippen LogP contribution >= 0.6 is 0 Å². The lowest BCUT2D eigenvalue weighted by Crippen LogP contribution is -2.28. The molecule has 2 heterocycles. The molecule has 1 atom stereocenters. The number of aryl methyl sites for hydroxylation is 3. The second-order valence-electron chi connectivity index (χ2n) is 7.61. The number of nitrogens with zero attached hydrogens (tertiary/aromatic N) is 3. The molecule has 1 aliphatic rings. The van der Waals surface area contributed by atoms with E-state index < -0.39 is 0 Å². The third-order valence-corrected chi connectivity index (χ3v) is 5.68. The molecule has 5 heteroatoms. The van der Waals surface area contributed by atoms with Crippen molar-refractivity contribution in [3.63, 3.8) is 0 Å². The van der Waals surface area contributed by atoms with Gasteiger partial charge in [-0.1, -0.05) is 0 Å². The van der Waals surface area contributed by atoms with Gasteiger partial charge in [0.05, 0.1) is 18.3 Å². The van der Waals surface area contributed by atoms with Gasteiger partial charge in [-0.2, -0.15) is 0 Å². The van der Waals surface area contributed by atoms with Crippen molar-refractivity contribution in [2.24, 2.45) is 5.92 Å². The maximum atomic E-state index is 12.9. The van der Waals surface area contributed by atoms with Crippen LogP contribution in [0.5, 0.6) is 5.75 Å². The minimum absolute atomic E-state index is 0.00156. The lowest BCUT2D eigenvalue weighted by Gasteiger charge is -2.19. The first-order chi connectivity index (χ1) is 12.9. The summed E-state index contributed by atoms with van der Waals surface area (Å²) < 4.78 is 7.36. The summed E-state index contributed by atoms with van der Waals surface area (Å²) in [5.41, 5.74) is 6.13. The molecule has 5 nitrogen and oxygen atoms in total. The van der Waals surface area contributed by atoms with Crippen LogP contribution in [-0.2, 0) is 0 Å². The Morgan fingerprint density at radius 2 is 1.93 bits per heavy atom. The van der Waals surface area contributed by atoms with Crippen LogP contribution in [0.15, 0.2) is 29.2 Å². The number of ether oxygens (including phenoxy) is 1. The Kier molecular flexibility index (Phi) is 4.25. The fourth-order valence-electron chi connectivity index (χ4n) is 3.90. The maximum absolute atomic E-state index is 12.9. The van der Waals surface area contributed by atoms with Crippen molar-refractivity contribution in [3.05, 3.63) is 51.6 Å². The summed E-state index contributed by atoms with van der Waals surface area (Å²) in [6.45, 7) is 8.01. The van der Waals surface area contributed by atoms with Gasteiger partial charge in [0.2, 0.25) is 0 Å². The number of fused-ring (bicyclic) bond motifs is 1. The minimum Gasteiger partial charge on any atom is -0.496 e. The van der Waals surface area contributed by atoms with E-state index in [4.69, 9.17) is 4.74 Å². The molecule has 4 rings (SSSR count). The second-order valence-corrected chi connectivity index (χ2v) is 7.61. The van der Waals surface area contributed by atoms with Crippen LogP contribution in [0.25, 0.3) is 22.3 Å². The van der Waals surface area contributed by atoms with Crippen LogP contribution in [0.2, 0.25) is 0 Å². The molecular formula is C22H25N3O2. The van der Waals surface area contributed by atoms with Crippen LogP contribution in [0, 0.1) is 26.7 Å². The van der Waals surface area contributed by atoms with Crippen molar-refractivity contribution in [2.75, 3.05) is 7.11 Å². The Morgan fingerprint density at radius 3 is 2.59 bits per heavy atom. The van der Waals surface area contributed by atoms with Crippen LogP contribution < -0.4 is 10.3 Å². The molecule has 140 valence electrons. The van der Waals surface area contributed by atoms with Gasteiger partial charge in [-0.05, 0) is 75.8 Å². The maximum Gasteiger partial charge on any atom is 0.272 e. The molecule has 0 aliphatic heterocycles. The van der Waals surface area contributed by atoms with Crippen LogP contribution in [0.1, 0.15) is 42.6 Å². The largest absolute Gasteiger partial charge is 0.496 e. The Labute approximate surface area is 159 Å². The van der Waals surface area contributed by atoms with Crippen LogP contribution in [0.3, 0.4) is 0 Å². The Bertz CT molecular complexity index is 1100. The van der Waals surface area contributed by atoms with E-state index in [1.54, 1.807) is 20.2 Å². The average molecular weight is 363 g/mol. The third-order valence-electron chi connectivity index (χ3n) is 5.68. The molecule has 1 saturated carbocycles. The third kappa shape index (κ3) is 2.91. The number of rotatable bonds is 4. The number of hydrogen-bond acceptors (Lipinski definition) is 4. The zero-order valence-electron chi connectivity index (χ0n) is 16.5. The summed E-state index contributed by atoms with van der Waals surface area (Å²) in [5.74, 6) is 1.44. The molecule has 0 radical (unpaired) electrons. The van der Waals surface area contributed by atoms with E-state index in [0.29, 0.717) is 11.6 Å². The summed E-state index contributed by atoms with van der Waals surface area (Å²) in [6, 6.07) is 6.21. The molecular weight excluding hydrogens is 338 g/mol. The predicted molar refractivity (Wildman–Crippen MR) is 107 cm³/mol. The molecule has 0 amide bonds. The van der Waals surface area contributed by atoms with E-state index in [2.05, 4.69) is 23.0 Å². The quantitative estimate of drug-likeness (QED) is 0.691. The Hall–Kier alpha value is -2.69. The van der Waals surface area contributed by atoms with E-state index >= 15 is 0 Å². The van der Waals surface area contributed by atoms with E-state index in [1.807, 2.05) is 30.5 Å². The molecule has 1 fully saturated rings. The highest BCUT2D eigenvalue weighted by molar-refractivity contribution is 5.90. The van der Waals surface area contributed by atoms with Gasteiger partial charge in [-0.25, -0.2) is 4.98 Å². The van der Waals surface area contributed by atoms with Gasteiger partial charge < -0.3 is 9.30 Å². The van der Waals surface area contributed by atoms with Gasteiger partial charge in [-0.15, -0.1) is 0 Å². The summed E-state index contributed by atoms with van der Waals surface area (Å²) >= 11 is 0. The Morgan fingerprint density at radius 1 is 1.19 bits per heavy atom. The van der Waals surface area contributed by atoms with Crippen molar-refractivity contribution >= 4 is 11.0 Å². The number of pyridine rings is 1. The molecule has 0 spiro atoms.